The van der Waals surface area contributed by atoms with Gasteiger partial charge in [-0.25, -0.2) is 5.43 Å². The Hall–Kier alpha value is -3.14. The highest BCUT2D eigenvalue weighted by Crippen LogP contribution is 2.22. The lowest BCUT2D eigenvalue weighted by molar-refractivity contribution is 0.994. The van der Waals surface area contributed by atoms with Gasteiger partial charge in [-0.15, -0.1) is 5.10 Å². The number of hydrogen-bond donors (Lipinski definition) is 2. The van der Waals surface area contributed by atoms with Gasteiger partial charge in [0.05, 0.1) is 27.9 Å². The zero-order chi connectivity index (χ0) is 18.8. The number of guanidine groups is 1. The summed E-state index contributed by atoms with van der Waals surface area (Å²) in [5.41, 5.74) is 10.5. The molecule has 0 atom stereocenters. The van der Waals surface area contributed by atoms with E-state index in [1.54, 1.807) is 54.8 Å². The second-order valence-electron chi connectivity index (χ2n) is 4.89. The van der Waals surface area contributed by atoms with Crippen LogP contribution in [0.2, 0.25) is 10.0 Å². The van der Waals surface area contributed by atoms with Gasteiger partial charge in [-0.2, -0.15) is 15.5 Å². The number of allylic oxidation sites excluding steroid dienone is 1. The molecule has 0 aromatic heterocycles. The van der Waals surface area contributed by atoms with Crippen LogP contribution < -0.4 is 11.2 Å². The third-order valence-corrected chi connectivity index (χ3v) is 3.72. The Balaban J connectivity index is 1.83. The molecule has 0 fully saturated rings. The van der Waals surface area contributed by atoms with Gasteiger partial charge < -0.3 is 5.73 Å². The lowest BCUT2D eigenvalue weighted by atomic mass is 10.2. The maximum absolute atomic E-state index is 8.73. The molecule has 0 aliphatic rings. The van der Waals surface area contributed by atoms with Crippen molar-refractivity contribution < 1.29 is 0 Å². The first-order chi connectivity index (χ1) is 12.6. The fraction of sp³-hybridized carbons (Fsp3) is 0. The van der Waals surface area contributed by atoms with E-state index in [0.29, 0.717) is 15.6 Å². The average Bonchev–Trinajstić information content (AvgIpc) is 2.65. The number of hydrogen-bond acceptors (Lipinski definition) is 4. The van der Waals surface area contributed by atoms with Gasteiger partial charge in [0.1, 0.15) is 0 Å². The van der Waals surface area contributed by atoms with Gasteiger partial charge in [0.2, 0.25) is 5.96 Å². The second kappa shape index (κ2) is 9.99. The third kappa shape index (κ3) is 6.40. The van der Waals surface area contributed by atoms with Gasteiger partial charge >= 0.3 is 0 Å². The summed E-state index contributed by atoms with van der Waals surface area (Å²) >= 11 is 11.8. The Morgan fingerprint density at radius 1 is 1.08 bits per heavy atom. The Kier molecular flexibility index (Phi) is 7.37. The highest BCUT2D eigenvalue weighted by molar-refractivity contribution is 6.42. The van der Waals surface area contributed by atoms with E-state index in [2.05, 4.69) is 20.7 Å². The Morgan fingerprint density at radius 3 is 2.50 bits per heavy atom. The first-order valence-electron chi connectivity index (χ1n) is 7.36. The lowest BCUT2D eigenvalue weighted by Gasteiger charge is -1.96. The Bertz CT molecular complexity index is 908. The minimum absolute atomic E-state index is 0.0362. The molecule has 0 spiro atoms. The Labute approximate surface area is 161 Å². The molecule has 2 aromatic carbocycles. The van der Waals surface area contributed by atoms with Crippen LogP contribution in [0.1, 0.15) is 16.7 Å². The van der Waals surface area contributed by atoms with E-state index in [9.17, 15) is 0 Å². The number of nitrogens with zero attached hydrogens (tertiary/aromatic N) is 4. The van der Waals surface area contributed by atoms with Crippen molar-refractivity contribution in [2.75, 3.05) is 0 Å². The van der Waals surface area contributed by atoms with E-state index >= 15 is 0 Å². The zero-order valence-corrected chi connectivity index (χ0v) is 15.0. The minimum Gasteiger partial charge on any atom is -0.367 e. The van der Waals surface area contributed by atoms with E-state index in [-0.39, 0.29) is 5.96 Å². The normalized spacial score (nSPS) is 12.1. The first-order valence-corrected chi connectivity index (χ1v) is 8.11. The van der Waals surface area contributed by atoms with Gasteiger partial charge in [0, 0.05) is 6.21 Å². The van der Waals surface area contributed by atoms with Crippen LogP contribution in [0.25, 0.3) is 6.08 Å². The summed E-state index contributed by atoms with van der Waals surface area (Å²) in [5, 5.41) is 21.2. The number of halogens is 2. The van der Waals surface area contributed by atoms with Crippen molar-refractivity contribution in [1.29, 1.82) is 5.26 Å². The van der Waals surface area contributed by atoms with Gasteiger partial charge in [0.25, 0.3) is 0 Å². The number of hydrazone groups is 1. The summed E-state index contributed by atoms with van der Waals surface area (Å²) in [5.74, 6) is 0.0362. The fourth-order valence-electron chi connectivity index (χ4n) is 1.74. The standard InChI is InChI=1S/C18H14Cl2N6/c19-16-8-7-13(10-17(16)20)2-1-9-23-25-18(22)26-24-12-15-5-3-14(11-21)4-6-15/h1-10,12H,(H3,22,25,26). The highest BCUT2D eigenvalue weighted by Gasteiger charge is 1.96. The number of rotatable bonds is 5. The largest absolute Gasteiger partial charge is 0.367 e. The third-order valence-electron chi connectivity index (χ3n) is 2.98. The fourth-order valence-corrected chi connectivity index (χ4v) is 2.05. The summed E-state index contributed by atoms with van der Waals surface area (Å²) in [6, 6.07) is 14.3. The van der Waals surface area contributed by atoms with Crippen molar-refractivity contribution in [3.63, 3.8) is 0 Å². The first kappa shape index (κ1) is 19.2. The van der Waals surface area contributed by atoms with E-state index in [1.807, 2.05) is 12.1 Å². The molecule has 0 heterocycles. The molecule has 6 nitrogen and oxygen atoms in total. The van der Waals surface area contributed by atoms with Crippen LogP contribution in [-0.2, 0) is 0 Å². The highest BCUT2D eigenvalue weighted by atomic mass is 35.5. The predicted octanol–water partition coefficient (Wildman–Crippen LogP) is 3.80. The van der Waals surface area contributed by atoms with Crippen molar-refractivity contribution in [2.24, 2.45) is 21.0 Å². The molecule has 130 valence electrons. The summed E-state index contributed by atoms with van der Waals surface area (Å²) in [7, 11) is 0. The summed E-state index contributed by atoms with van der Waals surface area (Å²) in [6.07, 6.45) is 6.52. The number of nitriles is 1. The molecule has 0 radical (unpaired) electrons. The summed E-state index contributed by atoms with van der Waals surface area (Å²) in [4.78, 5) is 0. The zero-order valence-electron chi connectivity index (χ0n) is 13.5. The smallest absolute Gasteiger partial charge is 0.234 e. The molecule has 0 saturated carbocycles. The average molecular weight is 385 g/mol. The van der Waals surface area contributed by atoms with Crippen LogP contribution in [-0.4, -0.2) is 18.4 Å². The summed E-state index contributed by atoms with van der Waals surface area (Å²) in [6.45, 7) is 0. The van der Waals surface area contributed by atoms with E-state index in [4.69, 9.17) is 34.2 Å². The molecular formula is C18H14Cl2N6. The van der Waals surface area contributed by atoms with Gasteiger partial charge in [-0.1, -0.05) is 47.5 Å². The van der Waals surface area contributed by atoms with Crippen LogP contribution in [0.5, 0.6) is 0 Å². The maximum atomic E-state index is 8.73. The van der Waals surface area contributed by atoms with Crippen molar-refractivity contribution in [2.45, 2.75) is 0 Å². The van der Waals surface area contributed by atoms with Gasteiger partial charge in [-0.05, 0) is 41.5 Å². The van der Waals surface area contributed by atoms with Crippen LogP contribution in [0, 0.1) is 11.3 Å². The molecule has 26 heavy (non-hydrogen) atoms. The molecular weight excluding hydrogens is 371 g/mol. The minimum atomic E-state index is 0.0362. The van der Waals surface area contributed by atoms with Crippen LogP contribution in [0.3, 0.4) is 0 Å². The molecule has 3 N–H and O–H groups in total. The van der Waals surface area contributed by atoms with Crippen molar-refractivity contribution in [3.05, 3.63) is 75.3 Å². The van der Waals surface area contributed by atoms with Crippen molar-refractivity contribution >= 4 is 47.7 Å². The molecule has 0 bridgehead atoms. The second-order valence-corrected chi connectivity index (χ2v) is 5.70. The number of nitrogens with one attached hydrogen (secondary N) is 1. The SMILES string of the molecule is N#Cc1ccc(C=NN/C(N)=N\N=CC=Cc2ccc(Cl)c(Cl)c2)cc1. The Morgan fingerprint density at radius 2 is 1.81 bits per heavy atom. The lowest BCUT2D eigenvalue weighted by Crippen LogP contribution is -2.26. The molecule has 2 aromatic rings. The molecule has 8 heteroatoms. The maximum Gasteiger partial charge on any atom is 0.234 e. The molecule has 0 unspecified atom stereocenters. The van der Waals surface area contributed by atoms with Crippen LogP contribution in [0.15, 0.2) is 63.8 Å². The van der Waals surface area contributed by atoms with Crippen LogP contribution >= 0.6 is 23.2 Å². The summed E-state index contributed by atoms with van der Waals surface area (Å²) < 4.78 is 0. The molecule has 0 aliphatic heterocycles. The molecule has 0 saturated heterocycles. The number of benzene rings is 2. The van der Waals surface area contributed by atoms with Crippen molar-refractivity contribution in [3.8, 4) is 6.07 Å². The van der Waals surface area contributed by atoms with Gasteiger partial charge in [-0.3, -0.25) is 0 Å². The number of nitrogens with two attached hydrogens (primary N) is 1. The molecule has 0 amide bonds. The van der Waals surface area contributed by atoms with Crippen LogP contribution in [0.4, 0.5) is 0 Å². The van der Waals surface area contributed by atoms with E-state index in [0.717, 1.165) is 11.1 Å². The predicted molar refractivity (Wildman–Crippen MR) is 107 cm³/mol. The quantitative estimate of drug-likeness (QED) is 0.465. The monoisotopic (exact) mass is 384 g/mol. The van der Waals surface area contributed by atoms with Gasteiger partial charge in [0.15, 0.2) is 0 Å². The van der Waals surface area contributed by atoms with E-state index < -0.39 is 0 Å². The van der Waals surface area contributed by atoms with Crippen molar-refractivity contribution in [1.82, 2.24) is 5.43 Å². The molecule has 0 aliphatic carbocycles. The topological polar surface area (TPSA) is 98.9 Å². The molecule has 2 rings (SSSR count). The van der Waals surface area contributed by atoms with E-state index in [1.165, 1.54) is 6.21 Å².